The Morgan fingerprint density at radius 3 is 2.25 bits per heavy atom. The van der Waals surface area contributed by atoms with Gasteiger partial charge in [-0.05, 0) is 18.3 Å². The minimum absolute atomic E-state index is 0.322. The number of rotatable bonds is 6. The quantitative estimate of drug-likeness (QED) is 0.668. The van der Waals surface area contributed by atoms with Crippen LogP contribution in [0.2, 0.25) is 0 Å². The van der Waals surface area contributed by atoms with Gasteiger partial charge < -0.3 is 5.11 Å². The molecule has 72 valence electrons. The summed E-state index contributed by atoms with van der Waals surface area (Å²) in [5.41, 5.74) is 0. The van der Waals surface area contributed by atoms with Crippen molar-refractivity contribution in [2.75, 3.05) is 0 Å². The first-order chi connectivity index (χ1) is 5.57. The van der Waals surface area contributed by atoms with E-state index in [1.165, 1.54) is 0 Å². The zero-order valence-electron chi connectivity index (χ0n) is 8.34. The van der Waals surface area contributed by atoms with E-state index in [-0.39, 0.29) is 0 Å². The molecule has 0 heterocycles. The lowest BCUT2D eigenvalue weighted by Gasteiger charge is -2.18. The standard InChI is InChI=1S/C10H20O2/c1-4-5-9(8(2)3)6-7-10(11)12/h8-9H,4-7H2,1-3H3,(H,11,12). The van der Waals surface area contributed by atoms with Crippen molar-refractivity contribution in [3.8, 4) is 0 Å². The van der Waals surface area contributed by atoms with E-state index < -0.39 is 5.97 Å². The molecular formula is C10H20O2. The number of hydrogen-bond acceptors (Lipinski definition) is 1. The average Bonchev–Trinajstić information content (AvgIpc) is 1.96. The van der Waals surface area contributed by atoms with Gasteiger partial charge in [0.25, 0.3) is 0 Å². The van der Waals surface area contributed by atoms with Crippen LogP contribution in [-0.4, -0.2) is 11.1 Å². The Balaban J connectivity index is 3.70. The van der Waals surface area contributed by atoms with Crippen molar-refractivity contribution in [3.63, 3.8) is 0 Å². The summed E-state index contributed by atoms with van der Waals surface area (Å²) in [4.78, 5) is 10.3. The summed E-state index contributed by atoms with van der Waals surface area (Å²) in [6, 6.07) is 0. The Morgan fingerprint density at radius 2 is 1.92 bits per heavy atom. The van der Waals surface area contributed by atoms with E-state index in [4.69, 9.17) is 5.11 Å². The molecule has 2 heteroatoms. The second-order valence-corrected chi connectivity index (χ2v) is 3.73. The molecule has 0 aromatic carbocycles. The van der Waals surface area contributed by atoms with Gasteiger partial charge in [0.2, 0.25) is 0 Å². The van der Waals surface area contributed by atoms with Gasteiger partial charge in [-0.15, -0.1) is 0 Å². The van der Waals surface area contributed by atoms with E-state index in [9.17, 15) is 4.79 Å². The third-order valence-corrected chi connectivity index (χ3v) is 2.33. The Hall–Kier alpha value is -0.530. The molecule has 2 nitrogen and oxygen atoms in total. The average molecular weight is 172 g/mol. The van der Waals surface area contributed by atoms with E-state index in [0.717, 1.165) is 19.3 Å². The summed E-state index contributed by atoms with van der Waals surface area (Å²) >= 11 is 0. The molecule has 0 aromatic rings. The highest BCUT2D eigenvalue weighted by molar-refractivity contribution is 5.66. The van der Waals surface area contributed by atoms with Gasteiger partial charge in [0, 0.05) is 6.42 Å². The summed E-state index contributed by atoms with van der Waals surface area (Å²) in [6.07, 6.45) is 3.47. The van der Waals surface area contributed by atoms with Crippen LogP contribution in [0.5, 0.6) is 0 Å². The molecule has 0 bridgehead atoms. The predicted octanol–water partition coefficient (Wildman–Crippen LogP) is 2.92. The second-order valence-electron chi connectivity index (χ2n) is 3.73. The second kappa shape index (κ2) is 6.04. The zero-order chi connectivity index (χ0) is 9.56. The highest BCUT2D eigenvalue weighted by atomic mass is 16.4. The first-order valence-electron chi connectivity index (χ1n) is 4.79. The molecule has 0 rings (SSSR count). The van der Waals surface area contributed by atoms with Crippen LogP contribution in [-0.2, 0) is 4.79 Å². The van der Waals surface area contributed by atoms with Crippen LogP contribution in [0.1, 0.15) is 46.5 Å². The van der Waals surface area contributed by atoms with Crippen molar-refractivity contribution in [1.82, 2.24) is 0 Å². The largest absolute Gasteiger partial charge is 0.481 e. The lowest BCUT2D eigenvalue weighted by molar-refractivity contribution is -0.137. The van der Waals surface area contributed by atoms with Gasteiger partial charge in [-0.25, -0.2) is 0 Å². The molecule has 0 aliphatic rings. The number of carbonyl (C=O) groups is 1. The summed E-state index contributed by atoms with van der Waals surface area (Å²) in [5.74, 6) is 0.534. The Labute approximate surface area is 75.0 Å². The molecule has 12 heavy (non-hydrogen) atoms. The van der Waals surface area contributed by atoms with Crippen molar-refractivity contribution in [2.24, 2.45) is 11.8 Å². The molecule has 0 spiro atoms. The Kier molecular flexibility index (Phi) is 5.77. The van der Waals surface area contributed by atoms with Gasteiger partial charge >= 0.3 is 5.97 Å². The van der Waals surface area contributed by atoms with Crippen molar-refractivity contribution in [1.29, 1.82) is 0 Å². The normalized spacial score (nSPS) is 13.3. The summed E-state index contributed by atoms with van der Waals surface area (Å²) in [5, 5.41) is 8.51. The predicted molar refractivity (Wildman–Crippen MR) is 50.1 cm³/mol. The maximum absolute atomic E-state index is 10.3. The maximum Gasteiger partial charge on any atom is 0.303 e. The van der Waals surface area contributed by atoms with Gasteiger partial charge in [0.15, 0.2) is 0 Å². The zero-order valence-corrected chi connectivity index (χ0v) is 8.34. The third kappa shape index (κ3) is 5.16. The topological polar surface area (TPSA) is 37.3 Å². The van der Waals surface area contributed by atoms with Crippen LogP contribution in [0.3, 0.4) is 0 Å². The highest BCUT2D eigenvalue weighted by Crippen LogP contribution is 2.22. The first kappa shape index (κ1) is 11.5. The van der Waals surface area contributed by atoms with Gasteiger partial charge in [0.1, 0.15) is 0 Å². The van der Waals surface area contributed by atoms with Crippen LogP contribution in [0.4, 0.5) is 0 Å². The number of aliphatic carboxylic acids is 1. The van der Waals surface area contributed by atoms with E-state index in [0.29, 0.717) is 18.3 Å². The molecule has 0 aliphatic heterocycles. The van der Waals surface area contributed by atoms with E-state index in [1.807, 2.05) is 0 Å². The molecule has 0 saturated heterocycles. The summed E-state index contributed by atoms with van der Waals surface area (Å²) < 4.78 is 0. The van der Waals surface area contributed by atoms with Crippen LogP contribution >= 0.6 is 0 Å². The smallest absolute Gasteiger partial charge is 0.303 e. The van der Waals surface area contributed by atoms with Crippen molar-refractivity contribution < 1.29 is 9.90 Å². The number of carboxylic acids is 1. The van der Waals surface area contributed by atoms with Crippen molar-refractivity contribution in [3.05, 3.63) is 0 Å². The summed E-state index contributed by atoms with van der Waals surface area (Å²) in [6.45, 7) is 6.49. The maximum atomic E-state index is 10.3. The third-order valence-electron chi connectivity index (χ3n) is 2.33. The van der Waals surface area contributed by atoms with Gasteiger partial charge in [-0.2, -0.15) is 0 Å². The summed E-state index contributed by atoms with van der Waals surface area (Å²) in [7, 11) is 0. The van der Waals surface area contributed by atoms with E-state index in [1.54, 1.807) is 0 Å². The Bertz CT molecular complexity index is 130. The molecule has 1 unspecified atom stereocenters. The van der Waals surface area contributed by atoms with Crippen LogP contribution < -0.4 is 0 Å². The number of carboxylic acid groups (broad SMARTS) is 1. The fraction of sp³-hybridized carbons (Fsp3) is 0.900. The van der Waals surface area contributed by atoms with Crippen LogP contribution in [0.15, 0.2) is 0 Å². The molecule has 0 amide bonds. The minimum atomic E-state index is -0.670. The molecule has 0 aliphatic carbocycles. The van der Waals surface area contributed by atoms with Crippen molar-refractivity contribution in [2.45, 2.75) is 46.5 Å². The molecule has 1 atom stereocenters. The van der Waals surface area contributed by atoms with Gasteiger partial charge in [-0.1, -0.05) is 33.6 Å². The first-order valence-corrected chi connectivity index (χ1v) is 4.79. The molecular weight excluding hydrogens is 152 g/mol. The molecule has 0 fully saturated rings. The SMILES string of the molecule is CCCC(CCC(=O)O)C(C)C. The highest BCUT2D eigenvalue weighted by Gasteiger charge is 2.13. The fourth-order valence-electron chi connectivity index (χ4n) is 1.49. The van der Waals surface area contributed by atoms with Gasteiger partial charge in [0.05, 0.1) is 0 Å². The lowest BCUT2D eigenvalue weighted by Crippen LogP contribution is -2.10. The monoisotopic (exact) mass is 172 g/mol. The Morgan fingerprint density at radius 1 is 1.33 bits per heavy atom. The van der Waals surface area contributed by atoms with Gasteiger partial charge in [-0.3, -0.25) is 4.79 Å². The molecule has 0 radical (unpaired) electrons. The lowest BCUT2D eigenvalue weighted by atomic mass is 9.87. The molecule has 1 N–H and O–H groups in total. The molecule has 0 aromatic heterocycles. The van der Waals surface area contributed by atoms with Crippen molar-refractivity contribution >= 4 is 5.97 Å². The molecule has 0 saturated carbocycles. The minimum Gasteiger partial charge on any atom is -0.481 e. The van der Waals surface area contributed by atoms with Crippen LogP contribution in [0.25, 0.3) is 0 Å². The van der Waals surface area contributed by atoms with Crippen LogP contribution in [0, 0.1) is 11.8 Å². The van der Waals surface area contributed by atoms with E-state index >= 15 is 0 Å². The number of hydrogen-bond donors (Lipinski definition) is 1. The fourth-order valence-corrected chi connectivity index (χ4v) is 1.49. The van der Waals surface area contributed by atoms with E-state index in [2.05, 4.69) is 20.8 Å².